The Morgan fingerprint density at radius 3 is 2.50 bits per heavy atom. The third-order valence-electron chi connectivity index (χ3n) is 4.83. The molecule has 2 aromatic carbocycles. The molecule has 0 spiro atoms. The third-order valence-corrected chi connectivity index (χ3v) is 4.83. The van der Waals surface area contributed by atoms with Gasteiger partial charge in [0, 0.05) is 12.6 Å². The summed E-state index contributed by atoms with van der Waals surface area (Å²) in [5, 5.41) is 3.76. The van der Waals surface area contributed by atoms with Gasteiger partial charge in [-0.2, -0.15) is 0 Å². The molecular formula is C21H27NO2. The van der Waals surface area contributed by atoms with Crippen LogP contribution in [0.15, 0.2) is 48.5 Å². The number of methoxy groups -OCH3 is 1. The summed E-state index contributed by atoms with van der Waals surface area (Å²) in [4.78, 5) is 0. The molecule has 0 bridgehead atoms. The van der Waals surface area contributed by atoms with Crippen LogP contribution in [0.2, 0.25) is 0 Å². The van der Waals surface area contributed by atoms with Crippen molar-refractivity contribution in [1.82, 2.24) is 5.32 Å². The quantitative estimate of drug-likeness (QED) is 0.761. The van der Waals surface area contributed by atoms with Gasteiger partial charge in [0.2, 0.25) is 0 Å². The van der Waals surface area contributed by atoms with Crippen molar-refractivity contribution in [1.29, 1.82) is 0 Å². The fourth-order valence-corrected chi connectivity index (χ4v) is 3.31. The molecule has 1 N–H and O–H groups in total. The number of rotatable bonds is 8. The van der Waals surface area contributed by atoms with Crippen LogP contribution in [0.25, 0.3) is 0 Å². The van der Waals surface area contributed by atoms with Gasteiger partial charge in [-0.25, -0.2) is 0 Å². The fourth-order valence-electron chi connectivity index (χ4n) is 3.31. The monoisotopic (exact) mass is 325 g/mol. The topological polar surface area (TPSA) is 30.5 Å². The molecule has 1 fully saturated rings. The fraction of sp³-hybridized carbons (Fsp3) is 0.429. The van der Waals surface area contributed by atoms with Crippen molar-refractivity contribution in [2.24, 2.45) is 5.92 Å². The van der Waals surface area contributed by atoms with Crippen molar-refractivity contribution in [2.45, 2.75) is 38.8 Å². The molecule has 1 unspecified atom stereocenters. The number of benzene rings is 2. The van der Waals surface area contributed by atoms with Gasteiger partial charge in [0.15, 0.2) is 11.5 Å². The van der Waals surface area contributed by atoms with Crippen LogP contribution in [0, 0.1) is 5.92 Å². The Morgan fingerprint density at radius 2 is 1.88 bits per heavy atom. The molecule has 0 aromatic heterocycles. The lowest BCUT2D eigenvalue weighted by Gasteiger charge is -2.35. The second-order valence-corrected chi connectivity index (χ2v) is 6.38. The zero-order chi connectivity index (χ0) is 16.8. The van der Waals surface area contributed by atoms with Gasteiger partial charge in [-0.1, -0.05) is 42.8 Å². The van der Waals surface area contributed by atoms with E-state index in [1.54, 1.807) is 7.11 Å². The van der Waals surface area contributed by atoms with Crippen LogP contribution in [-0.4, -0.2) is 13.7 Å². The average Bonchev–Trinajstić information content (AvgIpc) is 2.58. The summed E-state index contributed by atoms with van der Waals surface area (Å²) in [6, 6.07) is 17.4. The maximum atomic E-state index is 5.60. The van der Waals surface area contributed by atoms with E-state index in [9.17, 15) is 0 Å². The first-order valence-electron chi connectivity index (χ1n) is 8.90. The number of hydrogen-bond acceptors (Lipinski definition) is 3. The lowest BCUT2D eigenvalue weighted by atomic mass is 9.77. The molecule has 1 aliphatic rings. The molecule has 3 heteroatoms. The van der Waals surface area contributed by atoms with Crippen molar-refractivity contribution in [3.63, 3.8) is 0 Å². The molecule has 0 heterocycles. The zero-order valence-corrected chi connectivity index (χ0v) is 14.6. The average molecular weight is 325 g/mol. The number of ether oxygens (including phenoxy) is 2. The smallest absolute Gasteiger partial charge is 0.161 e. The first kappa shape index (κ1) is 16.8. The Morgan fingerprint density at radius 1 is 1.08 bits per heavy atom. The molecule has 1 saturated carbocycles. The Labute approximate surface area is 145 Å². The Balaban J connectivity index is 1.70. The minimum absolute atomic E-state index is 0.428. The zero-order valence-electron chi connectivity index (χ0n) is 14.6. The van der Waals surface area contributed by atoms with E-state index in [1.165, 1.54) is 30.4 Å². The van der Waals surface area contributed by atoms with Crippen LogP contribution in [0.3, 0.4) is 0 Å². The van der Waals surface area contributed by atoms with E-state index >= 15 is 0 Å². The standard InChI is InChI=1S/C21H27NO2/c1-3-24-19-13-12-16(14-20(19)23-2)15-22-21(18-10-7-11-18)17-8-5-4-6-9-17/h4-6,8-9,12-14,18,21-22H,3,7,10-11,15H2,1-2H3. The van der Waals surface area contributed by atoms with Crippen LogP contribution in [0.4, 0.5) is 0 Å². The van der Waals surface area contributed by atoms with Crippen LogP contribution in [-0.2, 0) is 6.54 Å². The summed E-state index contributed by atoms with van der Waals surface area (Å²) in [6.07, 6.45) is 3.99. The van der Waals surface area contributed by atoms with Gasteiger partial charge in [0.25, 0.3) is 0 Å². The summed E-state index contributed by atoms with van der Waals surface area (Å²) < 4.78 is 11.1. The molecule has 0 saturated heterocycles. The lowest BCUT2D eigenvalue weighted by molar-refractivity contribution is 0.229. The summed E-state index contributed by atoms with van der Waals surface area (Å²) >= 11 is 0. The number of nitrogens with one attached hydrogen (secondary N) is 1. The molecule has 3 nitrogen and oxygen atoms in total. The van der Waals surface area contributed by atoms with Gasteiger partial charge < -0.3 is 14.8 Å². The second-order valence-electron chi connectivity index (χ2n) is 6.38. The van der Waals surface area contributed by atoms with Crippen LogP contribution in [0.5, 0.6) is 11.5 Å². The Bertz CT molecular complexity index is 638. The molecule has 1 atom stereocenters. The predicted molar refractivity (Wildman–Crippen MR) is 97.5 cm³/mol. The normalized spacial score (nSPS) is 15.6. The van der Waals surface area contributed by atoms with Crippen molar-refractivity contribution in [3.05, 3.63) is 59.7 Å². The second kappa shape index (κ2) is 8.20. The molecule has 24 heavy (non-hydrogen) atoms. The van der Waals surface area contributed by atoms with E-state index in [0.717, 1.165) is 24.0 Å². The van der Waals surface area contributed by atoms with Gasteiger partial charge >= 0.3 is 0 Å². The molecule has 0 aliphatic heterocycles. The van der Waals surface area contributed by atoms with Gasteiger partial charge in [-0.3, -0.25) is 0 Å². The molecule has 2 aromatic rings. The van der Waals surface area contributed by atoms with Gasteiger partial charge in [-0.05, 0) is 48.9 Å². The molecule has 128 valence electrons. The maximum absolute atomic E-state index is 5.60. The lowest BCUT2D eigenvalue weighted by Crippen LogP contribution is -2.31. The Hall–Kier alpha value is -2.00. The first-order valence-corrected chi connectivity index (χ1v) is 8.90. The van der Waals surface area contributed by atoms with Crippen LogP contribution < -0.4 is 14.8 Å². The van der Waals surface area contributed by atoms with Crippen LogP contribution in [0.1, 0.15) is 43.4 Å². The predicted octanol–water partition coefficient (Wildman–Crippen LogP) is 4.72. The van der Waals surface area contributed by atoms with Crippen molar-refractivity contribution in [2.75, 3.05) is 13.7 Å². The summed E-state index contributed by atoms with van der Waals surface area (Å²) in [6.45, 7) is 3.46. The molecule has 3 rings (SSSR count). The summed E-state index contributed by atoms with van der Waals surface area (Å²) in [5.74, 6) is 2.36. The molecule has 0 amide bonds. The van der Waals surface area contributed by atoms with E-state index in [4.69, 9.17) is 9.47 Å². The van der Waals surface area contributed by atoms with E-state index < -0.39 is 0 Å². The minimum Gasteiger partial charge on any atom is -0.493 e. The summed E-state index contributed by atoms with van der Waals surface area (Å²) in [7, 11) is 1.69. The van der Waals surface area contributed by atoms with Crippen molar-refractivity contribution >= 4 is 0 Å². The molecule has 0 radical (unpaired) electrons. The SMILES string of the molecule is CCOc1ccc(CNC(c2ccccc2)C2CCC2)cc1OC. The van der Waals surface area contributed by atoms with E-state index in [-0.39, 0.29) is 0 Å². The van der Waals surface area contributed by atoms with E-state index in [1.807, 2.05) is 13.0 Å². The molecule has 1 aliphatic carbocycles. The Kier molecular flexibility index (Phi) is 5.76. The third kappa shape index (κ3) is 3.90. The largest absolute Gasteiger partial charge is 0.493 e. The highest BCUT2D eigenvalue weighted by Gasteiger charge is 2.28. The first-order chi connectivity index (χ1) is 11.8. The van der Waals surface area contributed by atoms with Gasteiger partial charge in [-0.15, -0.1) is 0 Å². The van der Waals surface area contributed by atoms with Crippen LogP contribution >= 0.6 is 0 Å². The maximum Gasteiger partial charge on any atom is 0.161 e. The highest BCUT2D eigenvalue weighted by atomic mass is 16.5. The van der Waals surface area contributed by atoms with Gasteiger partial charge in [0.05, 0.1) is 13.7 Å². The highest BCUT2D eigenvalue weighted by Crippen LogP contribution is 2.38. The van der Waals surface area contributed by atoms with E-state index in [0.29, 0.717) is 12.6 Å². The highest BCUT2D eigenvalue weighted by molar-refractivity contribution is 5.43. The molecular weight excluding hydrogens is 298 g/mol. The number of hydrogen-bond donors (Lipinski definition) is 1. The minimum atomic E-state index is 0.428. The summed E-state index contributed by atoms with van der Waals surface area (Å²) in [5.41, 5.74) is 2.61. The van der Waals surface area contributed by atoms with E-state index in [2.05, 4.69) is 47.8 Å². The van der Waals surface area contributed by atoms with Gasteiger partial charge in [0.1, 0.15) is 0 Å². The van der Waals surface area contributed by atoms with Crippen molar-refractivity contribution in [3.8, 4) is 11.5 Å². The van der Waals surface area contributed by atoms with Crippen molar-refractivity contribution < 1.29 is 9.47 Å².